The quantitative estimate of drug-likeness (QED) is 0.129. The molecule has 0 spiro atoms. The number of hydrogen-bond acceptors (Lipinski definition) is 0. The summed E-state index contributed by atoms with van der Waals surface area (Å²) < 4.78 is 4.95. The molecule has 0 fully saturated rings. The molecule has 0 saturated carbocycles. The average molecular weight is 1070 g/mol. The molecule has 0 radical (unpaired) electrons. The van der Waals surface area contributed by atoms with Crippen LogP contribution >= 0.6 is 0 Å². The van der Waals surface area contributed by atoms with E-state index in [-0.39, 0.29) is 0 Å². The Hall–Kier alpha value is -11.1. The average Bonchev–Trinajstić information content (AvgIpc) is 3.95. The largest absolute Gasteiger partial charge is 0.309 e. The molecular weight excluding hydrogens is 1010 g/mol. The second-order valence-electron chi connectivity index (χ2n) is 22.0. The van der Waals surface area contributed by atoms with Gasteiger partial charge in [-0.1, -0.05) is 255 Å². The third kappa shape index (κ3) is 8.43. The van der Waals surface area contributed by atoms with E-state index in [4.69, 9.17) is 0 Å². The second kappa shape index (κ2) is 20.5. The van der Waals surface area contributed by atoms with Crippen molar-refractivity contribution < 1.29 is 0 Å². The van der Waals surface area contributed by atoms with Crippen molar-refractivity contribution in [3.05, 3.63) is 328 Å². The summed E-state index contributed by atoms with van der Waals surface area (Å²) in [6.07, 6.45) is 0. The van der Waals surface area contributed by atoms with Gasteiger partial charge in [-0.25, -0.2) is 0 Å². The van der Waals surface area contributed by atoms with Crippen molar-refractivity contribution in [2.75, 3.05) is 0 Å². The molecule has 2 heterocycles. The first-order valence-corrected chi connectivity index (χ1v) is 29.0. The van der Waals surface area contributed by atoms with Crippen LogP contribution in [0, 0.1) is 0 Å². The summed E-state index contributed by atoms with van der Waals surface area (Å²) in [6.45, 7) is 0. The predicted molar refractivity (Wildman–Crippen MR) is 356 cm³/mol. The molecule has 0 N–H and O–H groups in total. The molecule has 0 amide bonds. The van der Waals surface area contributed by atoms with E-state index in [1.54, 1.807) is 0 Å². The number of aromatic nitrogens is 2. The van der Waals surface area contributed by atoms with Crippen LogP contribution in [0.25, 0.3) is 155 Å². The van der Waals surface area contributed by atoms with Gasteiger partial charge in [0.05, 0.1) is 22.1 Å². The van der Waals surface area contributed by atoms with Crippen LogP contribution in [0.5, 0.6) is 0 Å². The minimum Gasteiger partial charge on any atom is -0.309 e. The smallest absolute Gasteiger partial charge is 0.0541 e. The number of nitrogens with zero attached hydrogens (tertiary/aromatic N) is 2. The molecule has 0 bridgehead atoms. The lowest BCUT2D eigenvalue weighted by molar-refractivity contribution is 1.18. The summed E-state index contributed by atoms with van der Waals surface area (Å²) >= 11 is 0. The van der Waals surface area contributed by atoms with E-state index < -0.39 is 0 Å². The molecule has 0 aliphatic heterocycles. The third-order valence-electron chi connectivity index (χ3n) is 17.1. The fraction of sp³-hybridized carbons (Fsp3) is 0. The van der Waals surface area contributed by atoms with Gasteiger partial charge in [-0.05, 0) is 173 Å². The molecule has 0 aliphatic carbocycles. The maximum Gasteiger partial charge on any atom is 0.0541 e. The summed E-state index contributed by atoms with van der Waals surface area (Å²) in [6, 6.07) is 120. The molecule has 0 saturated heterocycles. The number of benzene rings is 14. The molecule has 16 aromatic rings. The minimum atomic E-state index is 1.11. The normalized spacial score (nSPS) is 11.6. The van der Waals surface area contributed by atoms with E-state index in [0.717, 1.165) is 33.4 Å². The van der Waals surface area contributed by atoms with E-state index in [0.29, 0.717) is 0 Å². The van der Waals surface area contributed by atoms with Crippen molar-refractivity contribution in [3.63, 3.8) is 0 Å². The zero-order chi connectivity index (χ0) is 55.5. The predicted octanol–water partition coefficient (Wildman–Crippen LogP) is 22.4. The Morgan fingerprint density at radius 3 is 0.631 bits per heavy atom. The van der Waals surface area contributed by atoms with Gasteiger partial charge in [0.1, 0.15) is 0 Å². The Balaban J connectivity index is 0.879. The van der Waals surface area contributed by atoms with Gasteiger partial charge < -0.3 is 9.13 Å². The van der Waals surface area contributed by atoms with Crippen LogP contribution in [0.1, 0.15) is 0 Å². The van der Waals surface area contributed by atoms with Crippen LogP contribution in [0.2, 0.25) is 0 Å². The molecule has 2 nitrogen and oxygen atoms in total. The second-order valence-corrected chi connectivity index (χ2v) is 22.0. The summed E-state index contributed by atoms with van der Waals surface area (Å²) in [7, 11) is 0. The Morgan fingerprint density at radius 1 is 0.155 bits per heavy atom. The maximum atomic E-state index is 2.47. The molecule has 16 rings (SSSR count). The lowest BCUT2D eigenvalue weighted by atomic mass is 9.92. The first-order chi connectivity index (χ1) is 41.7. The maximum absolute atomic E-state index is 2.47. The van der Waals surface area contributed by atoms with Gasteiger partial charge in [0.25, 0.3) is 0 Å². The zero-order valence-corrected chi connectivity index (χ0v) is 46.1. The number of rotatable bonds is 10. The molecule has 2 heteroatoms. The molecule has 84 heavy (non-hydrogen) atoms. The highest BCUT2D eigenvalue weighted by Gasteiger charge is 2.21. The lowest BCUT2D eigenvalue weighted by Gasteiger charge is -2.14. The van der Waals surface area contributed by atoms with Crippen LogP contribution in [0.4, 0.5) is 0 Å². The first-order valence-electron chi connectivity index (χ1n) is 29.0. The number of fused-ring (bicyclic) bond motifs is 7. The molecule has 14 aromatic carbocycles. The van der Waals surface area contributed by atoms with Gasteiger partial charge >= 0.3 is 0 Å². The van der Waals surface area contributed by atoms with Crippen LogP contribution in [-0.2, 0) is 0 Å². The van der Waals surface area contributed by atoms with Gasteiger partial charge in [0, 0.05) is 32.9 Å². The first kappa shape index (κ1) is 48.8. The van der Waals surface area contributed by atoms with E-state index in [1.807, 2.05) is 0 Å². The summed E-state index contributed by atoms with van der Waals surface area (Å²) in [5.41, 5.74) is 26.1. The van der Waals surface area contributed by atoms with Crippen LogP contribution < -0.4 is 0 Å². The summed E-state index contributed by atoms with van der Waals surface area (Å²) in [5.74, 6) is 0. The fourth-order valence-corrected chi connectivity index (χ4v) is 13.2. The summed E-state index contributed by atoms with van der Waals surface area (Å²) in [5, 5.41) is 7.18. The molecule has 0 aliphatic rings. The third-order valence-corrected chi connectivity index (χ3v) is 17.1. The lowest BCUT2D eigenvalue weighted by Crippen LogP contribution is -1.96. The van der Waals surface area contributed by atoms with Gasteiger partial charge in [0.15, 0.2) is 0 Å². The van der Waals surface area contributed by atoms with Crippen molar-refractivity contribution in [1.82, 2.24) is 9.13 Å². The Labute approximate surface area is 488 Å². The molecule has 0 atom stereocenters. The van der Waals surface area contributed by atoms with Crippen LogP contribution in [0.15, 0.2) is 328 Å². The highest BCUT2D eigenvalue weighted by molar-refractivity contribution is 6.14. The molecule has 2 aromatic heterocycles. The van der Waals surface area contributed by atoms with Crippen molar-refractivity contribution in [3.8, 4) is 100 Å². The highest BCUT2D eigenvalue weighted by atomic mass is 15.0. The standard InChI is InChI=1S/C82H54N2/c1-5-21-56(22-6-1)67-29-13-17-33-71(67)60-39-45-79-75(51-60)76-52-61(72-34-18-14-30-68(72)57-23-7-2-8-24-57)40-46-80(76)83(79)65-43-37-55-38-44-66(50-64(55)49-65)84-81-47-41-62(73-35-19-15-31-69(73)58-25-9-3-10-26-58)53-77(81)78-54-63(42-48-82(78)84)74-36-20-16-32-70(74)59-27-11-4-12-28-59/h1-54H. The Bertz CT molecular complexity index is 4560. The van der Waals surface area contributed by atoms with Gasteiger partial charge in [0.2, 0.25) is 0 Å². The minimum absolute atomic E-state index is 1.11. The topological polar surface area (TPSA) is 9.86 Å². The van der Waals surface area contributed by atoms with E-state index in [9.17, 15) is 0 Å². The molecular formula is C82H54N2. The summed E-state index contributed by atoms with van der Waals surface area (Å²) in [4.78, 5) is 0. The highest BCUT2D eigenvalue weighted by Crippen LogP contribution is 2.44. The van der Waals surface area contributed by atoms with Crippen molar-refractivity contribution in [2.45, 2.75) is 0 Å². The Morgan fingerprint density at radius 2 is 0.381 bits per heavy atom. The van der Waals surface area contributed by atoms with Gasteiger partial charge in [-0.2, -0.15) is 0 Å². The zero-order valence-electron chi connectivity index (χ0n) is 46.1. The monoisotopic (exact) mass is 1070 g/mol. The SMILES string of the molecule is c1ccc(-c2ccccc2-c2ccc3c(c2)c2cc(-c4ccccc4-c4ccccc4)ccc2n3-c2ccc3ccc(-n4c5ccc(-c6ccccc6-c6ccccc6)cc5c5cc(-c6ccccc6-c6ccccc6)ccc54)cc3c2)cc1. The van der Waals surface area contributed by atoms with E-state index in [2.05, 4.69) is 337 Å². The van der Waals surface area contributed by atoms with Crippen LogP contribution in [0.3, 0.4) is 0 Å². The van der Waals surface area contributed by atoms with Crippen LogP contribution in [-0.4, -0.2) is 9.13 Å². The van der Waals surface area contributed by atoms with E-state index in [1.165, 1.54) is 121 Å². The van der Waals surface area contributed by atoms with Crippen molar-refractivity contribution >= 4 is 54.4 Å². The van der Waals surface area contributed by atoms with Crippen molar-refractivity contribution in [2.24, 2.45) is 0 Å². The molecule has 392 valence electrons. The molecule has 0 unspecified atom stereocenters. The van der Waals surface area contributed by atoms with Gasteiger partial charge in [-0.15, -0.1) is 0 Å². The van der Waals surface area contributed by atoms with Crippen molar-refractivity contribution in [1.29, 1.82) is 0 Å². The number of hydrogen-bond donors (Lipinski definition) is 0. The fourth-order valence-electron chi connectivity index (χ4n) is 13.2. The van der Waals surface area contributed by atoms with Gasteiger partial charge in [-0.3, -0.25) is 0 Å². The van der Waals surface area contributed by atoms with E-state index >= 15 is 0 Å². The Kier molecular flexibility index (Phi) is 11.9.